The van der Waals surface area contributed by atoms with Gasteiger partial charge in [-0.1, -0.05) is 19.1 Å². The number of carbonyl (C=O) groups is 2. The lowest BCUT2D eigenvalue weighted by Crippen LogP contribution is -2.14. The van der Waals surface area contributed by atoms with Gasteiger partial charge in [-0.2, -0.15) is 0 Å². The lowest BCUT2D eigenvalue weighted by atomic mass is 9.97. The first-order chi connectivity index (χ1) is 8.13. The third-order valence-electron chi connectivity index (χ3n) is 2.92. The fourth-order valence-electron chi connectivity index (χ4n) is 1.78. The van der Waals surface area contributed by atoms with Crippen LogP contribution in [0.4, 0.5) is 0 Å². The molecule has 0 aromatic carbocycles. The van der Waals surface area contributed by atoms with Crippen LogP contribution in [0.5, 0.6) is 0 Å². The molecule has 1 atom stereocenters. The third-order valence-corrected chi connectivity index (χ3v) is 2.92. The molecule has 0 aliphatic heterocycles. The summed E-state index contributed by atoms with van der Waals surface area (Å²) in [6.07, 6.45) is 10.4. The van der Waals surface area contributed by atoms with E-state index < -0.39 is 0 Å². The van der Waals surface area contributed by atoms with Crippen LogP contribution in [0.15, 0.2) is 24.0 Å². The predicted octanol–water partition coefficient (Wildman–Crippen LogP) is 2.81. The van der Waals surface area contributed by atoms with Crippen molar-refractivity contribution in [2.75, 3.05) is 7.11 Å². The molecule has 2 aliphatic rings. The molecular weight excluding hydrogens is 216 g/mol. The molecule has 0 fully saturated rings. The van der Waals surface area contributed by atoms with Crippen LogP contribution in [0.2, 0.25) is 0 Å². The Bertz CT molecular complexity index is 339. The molecule has 0 heterocycles. The van der Waals surface area contributed by atoms with Crippen LogP contribution in [0.25, 0.3) is 0 Å². The standard InChI is InChI=1S/C7H8O3.C7H12/c1-10-7-4-5(8)2-3-6(7)9;1-7-5-3-2-4-6-7/h4H,2-3H2,1H3;2-3,7H,4-6H2,1H3. The van der Waals surface area contributed by atoms with E-state index in [4.69, 9.17) is 0 Å². The number of ketones is 2. The molecule has 0 spiro atoms. The highest BCUT2D eigenvalue weighted by molar-refractivity contribution is 6.06. The van der Waals surface area contributed by atoms with Gasteiger partial charge in [0.2, 0.25) is 0 Å². The van der Waals surface area contributed by atoms with E-state index in [-0.39, 0.29) is 17.3 Å². The predicted molar refractivity (Wildman–Crippen MR) is 66.5 cm³/mol. The third kappa shape index (κ3) is 4.98. The molecule has 94 valence electrons. The van der Waals surface area contributed by atoms with Crippen LogP contribution in [-0.2, 0) is 14.3 Å². The van der Waals surface area contributed by atoms with Gasteiger partial charge in [-0.15, -0.1) is 0 Å². The van der Waals surface area contributed by atoms with Gasteiger partial charge in [-0.25, -0.2) is 0 Å². The molecule has 3 nitrogen and oxygen atoms in total. The number of hydrogen-bond donors (Lipinski definition) is 0. The smallest absolute Gasteiger partial charge is 0.197 e. The maximum absolute atomic E-state index is 10.8. The summed E-state index contributed by atoms with van der Waals surface area (Å²) in [4.78, 5) is 21.5. The number of allylic oxidation sites excluding steroid dienone is 4. The molecule has 1 unspecified atom stereocenters. The number of carbonyl (C=O) groups excluding carboxylic acids is 2. The Labute approximate surface area is 103 Å². The SMILES string of the molecule is CC1CC=CCC1.COC1=CC(=O)CCC1=O. The van der Waals surface area contributed by atoms with Gasteiger partial charge in [-0.05, 0) is 25.2 Å². The van der Waals surface area contributed by atoms with Crippen molar-refractivity contribution in [3.05, 3.63) is 24.0 Å². The summed E-state index contributed by atoms with van der Waals surface area (Å²) < 4.78 is 4.66. The van der Waals surface area contributed by atoms with Gasteiger partial charge in [0.25, 0.3) is 0 Å². The van der Waals surface area contributed by atoms with Crippen LogP contribution in [0.3, 0.4) is 0 Å². The van der Waals surface area contributed by atoms with Gasteiger partial charge < -0.3 is 4.74 Å². The van der Waals surface area contributed by atoms with Gasteiger partial charge >= 0.3 is 0 Å². The summed E-state index contributed by atoms with van der Waals surface area (Å²) in [5.74, 6) is 1.03. The first-order valence-electron chi connectivity index (χ1n) is 6.10. The summed E-state index contributed by atoms with van der Waals surface area (Å²) in [5, 5.41) is 0. The molecule has 0 amide bonds. The Balaban J connectivity index is 0.000000181. The molecule has 0 radical (unpaired) electrons. The van der Waals surface area contributed by atoms with Gasteiger partial charge in [0.1, 0.15) is 0 Å². The van der Waals surface area contributed by atoms with Crippen LogP contribution < -0.4 is 0 Å². The summed E-state index contributed by atoms with van der Waals surface area (Å²) in [7, 11) is 1.39. The second-order valence-corrected chi connectivity index (χ2v) is 4.49. The molecule has 2 aliphatic carbocycles. The Kier molecular flexibility index (Phi) is 5.67. The minimum atomic E-state index is -0.0814. The van der Waals surface area contributed by atoms with Crippen molar-refractivity contribution in [2.24, 2.45) is 5.92 Å². The van der Waals surface area contributed by atoms with Crippen molar-refractivity contribution in [3.63, 3.8) is 0 Å². The number of hydrogen-bond acceptors (Lipinski definition) is 3. The summed E-state index contributed by atoms with van der Waals surface area (Å²) in [6, 6.07) is 0. The molecule has 0 saturated heterocycles. The fraction of sp³-hybridized carbons (Fsp3) is 0.571. The molecule has 0 saturated carbocycles. The molecule has 0 N–H and O–H groups in total. The van der Waals surface area contributed by atoms with E-state index in [9.17, 15) is 9.59 Å². The lowest BCUT2D eigenvalue weighted by molar-refractivity contribution is -0.124. The van der Waals surface area contributed by atoms with Crippen molar-refractivity contribution >= 4 is 11.6 Å². The van der Waals surface area contributed by atoms with E-state index in [0.717, 1.165) is 5.92 Å². The molecule has 2 rings (SSSR count). The van der Waals surface area contributed by atoms with Gasteiger partial charge in [0.05, 0.1) is 7.11 Å². The topological polar surface area (TPSA) is 43.4 Å². The Hall–Kier alpha value is -1.38. The van der Waals surface area contributed by atoms with Gasteiger partial charge in [0.15, 0.2) is 17.3 Å². The van der Waals surface area contributed by atoms with Crippen LogP contribution in [0, 0.1) is 5.92 Å². The van der Waals surface area contributed by atoms with Crippen molar-refractivity contribution in [1.82, 2.24) is 0 Å². The summed E-state index contributed by atoms with van der Waals surface area (Å²) in [6.45, 7) is 2.31. The largest absolute Gasteiger partial charge is 0.493 e. The first kappa shape index (κ1) is 13.7. The summed E-state index contributed by atoms with van der Waals surface area (Å²) in [5.41, 5.74) is 0. The van der Waals surface area contributed by atoms with E-state index in [2.05, 4.69) is 23.8 Å². The second-order valence-electron chi connectivity index (χ2n) is 4.49. The minimum absolute atomic E-state index is 0.0311. The van der Waals surface area contributed by atoms with Gasteiger partial charge in [0, 0.05) is 18.9 Å². The Morgan fingerprint density at radius 1 is 1.24 bits per heavy atom. The Morgan fingerprint density at radius 3 is 2.41 bits per heavy atom. The number of Topliss-reactive ketones (excluding diaryl/α,β-unsaturated/α-hetero) is 1. The average Bonchev–Trinajstić information content (AvgIpc) is 2.34. The number of methoxy groups -OCH3 is 1. The summed E-state index contributed by atoms with van der Waals surface area (Å²) >= 11 is 0. The van der Waals surface area contributed by atoms with Crippen molar-refractivity contribution in [1.29, 1.82) is 0 Å². The van der Waals surface area contributed by atoms with Crippen molar-refractivity contribution in [2.45, 2.75) is 39.0 Å². The average molecular weight is 236 g/mol. The quantitative estimate of drug-likeness (QED) is 0.657. The molecule has 17 heavy (non-hydrogen) atoms. The molecule has 0 aromatic rings. The normalized spacial score (nSPS) is 23.6. The number of rotatable bonds is 1. The van der Waals surface area contributed by atoms with Crippen LogP contribution >= 0.6 is 0 Å². The second kappa shape index (κ2) is 7.05. The highest BCUT2D eigenvalue weighted by atomic mass is 16.5. The zero-order valence-electron chi connectivity index (χ0n) is 10.6. The van der Waals surface area contributed by atoms with E-state index in [0.29, 0.717) is 12.8 Å². The van der Waals surface area contributed by atoms with Crippen molar-refractivity contribution < 1.29 is 14.3 Å². The molecule has 3 heteroatoms. The lowest BCUT2D eigenvalue weighted by Gasteiger charge is -2.09. The monoisotopic (exact) mass is 236 g/mol. The molecular formula is C14H20O3. The fourth-order valence-corrected chi connectivity index (χ4v) is 1.78. The highest BCUT2D eigenvalue weighted by Crippen LogP contribution is 2.15. The molecule has 0 bridgehead atoms. The van der Waals surface area contributed by atoms with E-state index in [1.807, 2.05) is 0 Å². The molecule has 0 aromatic heterocycles. The van der Waals surface area contributed by atoms with Crippen LogP contribution in [-0.4, -0.2) is 18.7 Å². The zero-order chi connectivity index (χ0) is 12.7. The number of ether oxygens (including phenoxy) is 1. The van der Waals surface area contributed by atoms with Crippen LogP contribution in [0.1, 0.15) is 39.0 Å². The van der Waals surface area contributed by atoms with Gasteiger partial charge in [-0.3, -0.25) is 9.59 Å². The van der Waals surface area contributed by atoms with Crippen molar-refractivity contribution in [3.8, 4) is 0 Å². The maximum atomic E-state index is 10.8. The highest BCUT2D eigenvalue weighted by Gasteiger charge is 2.18. The zero-order valence-corrected chi connectivity index (χ0v) is 10.6. The van der Waals surface area contributed by atoms with E-state index in [1.54, 1.807) is 0 Å². The first-order valence-corrected chi connectivity index (χ1v) is 6.10. The minimum Gasteiger partial charge on any atom is -0.493 e. The van der Waals surface area contributed by atoms with E-state index in [1.165, 1.54) is 32.4 Å². The van der Waals surface area contributed by atoms with E-state index >= 15 is 0 Å². The Morgan fingerprint density at radius 2 is 2.00 bits per heavy atom. The maximum Gasteiger partial charge on any atom is 0.197 e.